The molecule has 170 valence electrons. The Morgan fingerprint density at radius 2 is 1.88 bits per heavy atom. The quantitative estimate of drug-likeness (QED) is 0.406. The van der Waals surface area contributed by atoms with Gasteiger partial charge in [-0.3, -0.25) is 4.98 Å². The third-order valence-corrected chi connectivity index (χ3v) is 5.81. The van der Waals surface area contributed by atoms with Crippen LogP contribution in [0, 0.1) is 6.92 Å². The van der Waals surface area contributed by atoms with Crippen molar-refractivity contribution in [2.75, 3.05) is 48.8 Å². The number of halogens is 1. The van der Waals surface area contributed by atoms with Gasteiger partial charge in [-0.05, 0) is 38.2 Å². The van der Waals surface area contributed by atoms with Crippen molar-refractivity contribution in [3.05, 3.63) is 57.8 Å². The van der Waals surface area contributed by atoms with Gasteiger partial charge in [0.1, 0.15) is 11.6 Å². The highest BCUT2D eigenvalue weighted by molar-refractivity contribution is 6.33. The van der Waals surface area contributed by atoms with Crippen LogP contribution in [0.2, 0.25) is 5.02 Å². The van der Waals surface area contributed by atoms with Crippen LogP contribution < -0.4 is 21.3 Å². The summed E-state index contributed by atoms with van der Waals surface area (Å²) >= 11 is 6.53. The number of aromatic amines is 1. The van der Waals surface area contributed by atoms with E-state index >= 15 is 0 Å². The number of benzene rings is 1. The number of nitrogens with zero attached hydrogens (tertiary/aromatic N) is 5. The number of oxazole rings is 1. The number of anilines is 5. The van der Waals surface area contributed by atoms with Gasteiger partial charge in [-0.15, -0.1) is 0 Å². The number of hydrogen-bond acceptors (Lipinski definition) is 9. The van der Waals surface area contributed by atoms with Crippen molar-refractivity contribution in [3.63, 3.8) is 0 Å². The summed E-state index contributed by atoms with van der Waals surface area (Å²) in [6, 6.07) is 7.16. The average molecular weight is 467 g/mol. The van der Waals surface area contributed by atoms with Gasteiger partial charge in [0.05, 0.1) is 22.4 Å². The number of fused-ring (bicyclic) bond motifs is 1. The highest BCUT2D eigenvalue weighted by Gasteiger charge is 2.18. The maximum atomic E-state index is 11.4. The SMILES string of the molecule is Cc1cnc(Nc2cnc(N3CCN(C)CC3)c(Cl)c2)nc1Nc1ccc2oc(=O)[nH]c2c1. The van der Waals surface area contributed by atoms with Gasteiger partial charge in [-0.25, -0.2) is 14.8 Å². The lowest BCUT2D eigenvalue weighted by atomic mass is 10.2. The van der Waals surface area contributed by atoms with Gasteiger partial charge < -0.3 is 24.9 Å². The molecule has 1 saturated heterocycles. The van der Waals surface area contributed by atoms with Crippen LogP contribution in [0.5, 0.6) is 0 Å². The van der Waals surface area contributed by atoms with Crippen LogP contribution >= 0.6 is 11.6 Å². The number of aryl methyl sites for hydroxylation is 1. The molecule has 3 aromatic heterocycles. The van der Waals surface area contributed by atoms with Crippen LogP contribution in [0.25, 0.3) is 11.1 Å². The topological polar surface area (TPSA) is 115 Å². The summed E-state index contributed by atoms with van der Waals surface area (Å²) in [5.41, 5.74) is 3.43. The Labute approximate surface area is 194 Å². The first-order valence-corrected chi connectivity index (χ1v) is 10.9. The number of rotatable bonds is 5. The number of aromatic nitrogens is 4. The van der Waals surface area contributed by atoms with Crippen LogP contribution in [0.1, 0.15) is 5.56 Å². The fraction of sp³-hybridized carbons (Fsp3) is 0.273. The zero-order chi connectivity index (χ0) is 22.9. The third kappa shape index (κ3) is 4.62. The van der Waals surface area contributed by atoms with E-state index in [-0.39, 0.29) is 0 Å². The molecular formula is C22H23ClN8O2. The second-order valence-electron chi connectivity index (χ2n) is 8.02. The summed E-state index contributed by atoms with van der Waals surface area (Å²) < 4.78 is 5.05. The summed E-state index contributed by atoms with van der Waals surface area (Å²) in [5.74, 6) is 1.34. The molecule has 33 heavy (non-hydrogen) atoms. The van der Waals surface area contributed by atoms with Crippen molar-refractivity contribution >= 4 is 51.7 Å². The van der Waals surface area contributed by atoms with Crippen molar-refractivity contribution in [3.8, 4) is 0 Å². The summed E-state index contributed by atoms with van der Waals surface area (Å²) in [7, 11) is 2.11. The minimum Gasteiger partial charge on any atom is -0.408 e. The first-order valence-electron chi connectivity index (χ1n) is 10.5. The smallest absolute Gasteiger partial charge is 0.408 e. The van der Waals surface area contributed by atoms with Gasteiger partial charge in [0.2, 0.25) is 5.95 Å². The molecule has 11 heteroatoms. The van der Waals surface area contributed by atoms with Gasteiger partial charge in [-0.2, -0.15) is 4.98 Å². The van der Waals surface area contributed by atoms with Gasteiger partial charge in [0.25, 0.3) is 0 Å². The van der Waals surface area contributed by atoms with Crippen molar-refractivity contribution in [1.82, 2.24) is 24.8 Å². The summed E-state index contributed by atoms with van der Waals surface area (Å²) in [6.07, 6.45) is 3.46. The van der Waals surface area contributed by atoms with Gasteiger partial charge in [0.15, 0.2) is 5.58 Å². The Hall–Kier alpha value is -3.63. The van der Waals surface area contributed by atoms with Crippen LogP contribution in [0.15, 0.2) is 45.9 Å². The Kier molecular flexibility index (Phi) is 5.61. The molecule has 4 heterocycles. The minimum absolute atomic E-state index is 0.408. The first kappa shape index (κ1) is 21.2. The average Bonchev–Trinajstić information content (AvgIpc) is 3.16. The van der Waals surface area contributed by atoms with Crippen LogP contribution in [-0.2, 0) is 0 Å². The molecule has 0 saturated carbocycles. The third-order valence-electron chi connectivity index (χ3n) is 5.53. The molecule has 0 spiro atoms. The van der Waals surface area contributed by atoms with E-state index in [2.05, 4.69) is 47.4 Å². The maximum absolute atomic E-state index is 11.4. The van der Waals surface area contributed by atoms with Crippen molar-refractivity contribution in [1.29, 1.82) is 0 Å². The van der Waals surface area contributed by atoms with Crippen molar-refractivity contribution in [2.45, 2.75) is 6.92 Å². The number of H-pyrrole nitrogens is 1. The van der Waals surface area contributed by atoms with Crippen molar-refractivity contribution < 1.29 is 4.42 Å². The summed E-state index contributed by atoms with van der Waals surface area (Å²) in [4.78, 5) is 32.0. The highest BCUT2D eigenvalue weighted by Crippen LogP contribution is 2.28. The predicted octanol–water partition coefficient (Wildman–Crippen LogP) is 3.51. The molecule has 0 bridgehead atoms. The first-order chi connectivity index (χ1) is 15.9. The van der Waals surface area contributed by atoms with Crippen LogP contribution in [0.4, 0.5) is 29.0 Å². The van der Waals surface area contributed by atoms with E-state index in [0.717, 1.165) is 43.2 Å². The predicted molar refractivity (Wildman–Crippen MR) is 129 cm³/mol. The second kappa shape index (κ2) is 8.72. The van der Waals surface area contributed by atoms with Gasteiger partial charge in [0, 0.05) is 43.6 Å². The molecule has 0 amide bonds. The van der Waals surface area contributed by atoms with E-state index in [1.165, 1.54) is 0 Å². The van der Waals surface area contributed by atoms with E-state index in [4.69, 9.17) is 16.0 Å². The number of pyridine rings is 1. The Morgan fingerprint density at radius 1 is 1.06 bits per heavy atom. The Balaban J connectivity index is 1.33. The molecular weight excluding hydrogens is 444 g/mol. The van der Waals surface area contributed by atoms with E-state index < -0.39 is 5.76 Å². The van der Waals surface area contributed by atoms with Crippen molar-refractivity contribution in [2.24, 2.45) is 0 Å². The molecule has 1 aliphatic heterocycles. The molecule has 1 fully saturated rings. The molecule has 4 aromatic rings. The molecule has 10 nitrogen and oxygen atoms in total. The van der Waals surface area contributed by atoms with E-state index in [1.807, 2.05) is 19.1 Å². The molecule has 0 atom stereocenters. The molecule has 5 rings (SSSR count). The van der Waals surface area contributed by atoms with E-state index in [1.54, 1.807) is 24.5 Å². The van der Waals surface area contributed by atoms with Gasteiger partial charge >= 0.3 is 5.76 Å². The van der Waals surface area contributed by atoms with E-state index in [0.29, 0.717) is 33.6 Å². The molecule has 0 unspecified atom stereocenters. The molecule has 0 aliphatic carbocycles. The molecule has 0 radical (unpaired) electrons. The minimum atomic E-state index is -0.488. The Morgan fingerprint density at radius 3 is 2.67 bits per heavy atom. The number of hydrogen-bond donors (Lipinski definition) is 3. The zero-order valence-corrected chi connectivity index (χ0v) is 19.0. The molecule has 3 N–H and O–H groups in total. The monoisotopic (exact) mass is 466 g/mol. The van der Waals surface area contributed by atoms with E-state index in [9.17, 15) is 4.79 Å². The van der Waals surface area contributed by atoms with Crippen LogP contribution in [-0.4, -0.2) is 58.1 Å². The number of likely N-dealkylation sites (N-methyl/N-ethyl adjacent to an activating group) is 1. The Bertz CT molecular complexity index is 1360. The standard InChI is InChI=1S/C22H23ClN8O2/c1-13-11-25-21(29-19(13)26-14-3-4-18-17(10-14)28-22(32)33-18)27-15-9-16(23)20(24-12-15)31-7-5-30(2)6-8-31/h3-4,9-12H,5-8H2,1-2H3,(H,28,32)(H2,25,26,27,29). The summed E-state index contributed by atoms with van der Waals surface area (Å²) in [6.45, 7) is 5.66. The fourth-order valence-electron chi connectivity index (χ4n) is 3.67. The lowest BCUT2D eigenvalue weighted by Crippen LogP contribution is -2.44. The fourth-order valence-corrected chi connectivity index (χ4v) is 3.96. The number of piperazine rings is 1. The highest BCUT2D eigenvalue weighted by atomic mass is 35.5. The lowest BCUT2D eigenvalue weighted by Gasteiger charge is -2.33. The largest absolute Gasteiger partial charge is 0.417 e. The lowest BCUT2D eigenvalue weighted by molar-refractivity contribution is 0.312. The summed E-state index contributed by atoms with van der Waals surface area (Å²) in [5, 5.41) is 7.01. The molecule has 1 aliphatic rings. The maximum Gasteiger partial charge on any atom is 0.417 e. The normalized spacial score (nSPS) is 14.6. The zero-order valence-electron chi connectivity index (χ0n) is 18.2. The number of nitrogens with one attached hydrogen (secondary N) is 3. The van der Waals surface area contributed by atoms with Gasteiger partial charge in [-0.1, -0.05) is 11.6 Å². The molecule has 1 aromatic carbocycles. The van der Waals surface area contributed by atoms with Crippen LogP contribution in [0.3, 0.4) is 0 Å². The second-order valence-corrected chi connectivity index (χ2v) is 8.43.